The van der Waals surface area contributed by atoms with Gasteiger partial charge in [0.1, 0.15) is 6.10 Å². The lowest BCUT2D eigenvalue weighted by atomic mass is 10.0. The second kappa shape index (κ2) is 44.2. The minimum atomic E-state index is -0.407. The minimum Gasteiger partial charge on any atom is -0.466 e. The third-order valence-corrected chi connectivity index (χ3v) is 13.0. The van der Waals surface area contributed by atoms with Crippen molar-refractivity contribution in [1.82, 2.24) is 10.2 Å². The quantitative estimate of drug-likeness (QED) is 0.0496. The second-order valence-corrected chi connectivity index (χ2v) is 19.1. The molecular formula is C53H98N2O6S. The molecule has 1 unspecified atom stereocenters. The van der Waals surface area contributed by atoms with E-state index in [1.54, 1.807) is 0 Å². The fraction of sp³-hybridized carbons (Fsp3) is 0.868. The molecule has 0 aromatic carbocycles. The van der Waals surface area contributed by atoms with E-state index < -0.39 is 6.10 Å². The number of carbonyl (C=O) groups is 3. The van der Waals surface area contributed by atoms with Crippen molar-refractivity contribution in [2.24, 2.45) is 0 Å². The molecule has 9 heteroatoms. The van der Waals surface area contributed by atoms with Gasteiger partial charge in [0.05, 0.1) is 12.7 Å². The number of aliphatic hydroxyl groups excluding tert-OH is 1. The maximum Gasteiger partial charge on any atom is 0.306 e. The van der Waals surface area contributed by atoms with Crippen molar-refractivity contribution in [3.8, 4) is 0 Å². The summed E-state index contributed by atoms with van der Waals surface area (Å²) in [6.07, 6.45) is 39.6. The lowest BCUT2D eigenvalue weighted by molar-refractivity contribution is -0.150. The van der Waals surface area contributed by atoms with Crippen LogP contribution >= 0.6 is 11.3 Å². The Bertz CT molecular complexity index is 1120. The summed E-state index contributed by atoms with van der Waals surface area (Å²) in [6.45, 7) is 10.4. The van der Waals surface area contributed by atoms with Gasteiger partial charge in [-0.05, 0) is 102 Å². The average Bonchev–Trinajstić information content (AvgIpc) is 3.81. The standard InChI is InChI=1S/C53H98N2O6S/c1-4-7-10-13-16-17-18-24-34-44-60-51(57)38-29-25-33-43-55(46-49(56)35-30-31-41-54-53(59)48-40-45-62-47-48)42-32-23-19-22-28-39-52(58)61-50(36-26-20-14-11-8-5-2)37-27-21-15-12-9-6-3/h40,45,47,49-50,56H,4-39,41-44,46H2,1-3H3,(H,54,59). The third-order valence-electron chi connectivity index (χ3n) is 12.3. The summed E-state index contributed by atoms with van der Waals surface area (Å²) in [5.74, 6) is -0.113. The topological polar surface area (TPSA) is 105 Å². The molecule has 1 heterocycles. The molecule has 62 heavy (non-hydrogen) atoms. The van der Waals surface area contributed by atoms with Crippen LogP contribution in [0.4, 0.5) is 0 Å². The van der Waals surface area contributed by atoms with Crippen molar-refractivity contribution in [2.75, 3.05) is 32.8 Å². The molecule has 1 rings (SSSR count). The molecule has 0 bridgehead atoms. The van der Waals surface area contributed by atoms with Gasteiger partial charge in [-0.2, -0.15) is 11.3 Å². The number of esters is 2. The number of carbonyl (C=O) groups excluding carboxylic acids is 3. The van der Waals surface area contributed by atoms with E-state index >= 15 is 0 Å². The van der Waals surface area contributed by atoms with Gasteiger partial charge in [-0.3, -0.25) is 14.4 Å². The molecule has 1 amide bonds. The highest BCUT2D eigenvalue weighted by Crippen LogP contribution is 2.19. The molecular weight excluding hydrogens is 793 g/mol. The lowest BCUT2D eigenvalue weighted by Gasteiger charge is -2.25. The monoisotopic (exact) mass is 891 g/mol. The number of ether oxygens (including phenoxy) is 2. The maximum atomic E-state index is 12.9. The predicted octanol–water partition coefficient (Wildman–Crippen LogP) is 14.7. The molecule has 2 N–H and O–H groups in total. The van der Waals surface area contributed by atoms with Crippen LogP contribution in [0.1, 0.15) is 262 Å². The number of nitrogens with one attached hydrogen (secondary N) is 1. The Labute approximate surface area is 386 Å². The van der Waals surface area contributed by atoms with Crippen molar-refractivity contribution < 1.29 is 29.0 Å². The second-order valence-electron chi connectivity index (χ2n) is 18.3. The molecule has 0 radical (unpaired) electrons. The van der Waals surface area contributed by atoms with Crippen molar-refractivity contribution in [1.29, 1.82) is 0 Å². The van der Waals surface area contributed by atoms with Gasteiger partial charge in [-0.25, -0.2) is 0 Å². The molecule has 362 valence electrons. The van der Waals surface area contributed by atoms with Crippen LogP contribution in [-0.4, -0.2) is 72.8 Å². The molecule has 0 aliphatic heterocycles. The van der Waals surface area contributed by atoms with E-state index in [9.17, 15) is 19.5 Å². The van der Waals surface area contributed by atoms with Gasteiger partial charge in [0.15, 0.2) is 0 Å². The van der Waals surface area contributed by atoms with E-state index in [2.05, 4.69) is 31.0 Å². The summed E-state index contributed by atoms with van der Waals surface area (Å²) in [5, 5.41) is 17.7. The number of rotatable bonds is 47. The summed E-state index contributed by atoms with van der Waals surface area (Å²) in [6, 6.07) is 1.84. The number of nitrogens with zero attached hydrogens (tertiary/aromatic N) is 1. The predicted molar refractivity (Wildman–Crippen MR) is 263 cm³/mol. The Morgan fingerprint density at radius 1 is 0.581 bits per heavy atom. The van der Waals surface area contributed by atoms with Crippen LogP contribution in [-0.2, 0) is 19.1 Å². The number of thiophene rings is 1. The summed E-state index contributed by atoms with van der Waals surface area (Å²) in [7, 11) is 0. The maximum absolute atomic E-state index is 12.9. The van der Waals surface area contributed by atoms with Crippen LogP contribution in [0.5, 0.6) is 0 Å². The number of aliphatic hydroxyl groups is 1. The molecule has 0 aliphatic carbocycles. The molecule has 1 aromatic heterocycles. The zero-order valence-electron chi connectivity index (χ0n) is 40.7. The van der Waals surface area contributed by atoms with Gasteiger partial charge in [0.2, 0.25) is 0 Å². The van der Waals surface area contributed by atoms with E-state index in [0.29, 0.717) is 44.5 Å². The van der Waals surface area contributed by atoms with Crippen LogP contribution in [0.2, 0.25) is 0 Å². The summed E-state index contributed by atoms with van der Waals surface area (Å²) in [5.41, 5.74) is 0.709. The van der Waals surface area contributed by atoms with Crippen molar-refractivity contribution in [2.45, 2.75) is 264 Å². The normalized spacial score (nSPS) is 12.0. The van der Waals surface area contributed by atoms with Crippen LogP contribution < -0.4 is 5.32 Å². The first kappa shape index (κ1) is 58.0. The average molecular weight is 891 g/mol. The number of unbranched alkanes of at least 4 members (excludes halogenated alkanes) is 25. The van der Waals surface area contributed by atoms with E-state index in [4.69, 9.17) is 9.47 Å². The van der Waals surface area contributed by atoms with E-state index in [1.807, 2.05) is 16.8 Å². The van der Waals surface area contributed by atoms with Crippen LogP contribution in [0.25, 0.3) is 0 Å². The first-order valence-corrected chi connectivity index (χ1v) is 27.4. The molecule has 0 fully saturated rings. The highest BCUT2D eigenvalue weighted by Gasteiger charge is 2.15. The summed E-state index contributed by atoms with van der Waals surface area (Å²) in [4.78, 5) is 39.8. The molecule has 8 nitrogen and oxygen atoms in total. The Balaban J connectivity index is 2.39. The fourth-order valence-corrected chi connectivity index (χ4v) is 8.92. The zero-order valence-corrected chi connectivity index (χ0v) is 41.5. The first-order valence-electron chi connectivity index (χ1n) is 26.4. The van der Waals surface area contributed by atoms with Crippen molar-refractivity contribution in [3.05, 3.63) is 22.4 Å². The Hall–Kier alpha value is -1.97. The van der Waals surface area contributed by atoms with Gasteiger partial charge in [0.25, 0.3) is 5.91 Å². The van der Waals surface area contributed by atoms with E-state index in [-0.39, 0.29) is 23.9 Å². The van der Waals surface area contributed by atoms with Gasteiger partial charge in [0, 0.05) is 36.9 Å². The van der Waals surface area contributed by atoms with Gasteiger partial charge in [-0.15, -0.1) is 0 Å². The SMILES string of the molecule is CCCCCCCCCCCOC(=O)CCCCCN(CCCCCCCC(=O)OC(CCCCCCCC)CCCCCCCC)CC(O)CCCCNC(=O)c1ccsc1. The molecule has 0 saturated carbocycles. The first-order chi connectivity index (χ1) is 30.4. The molecule has 1 atom stereocenters. The van der Waals surface area contributed by atoms with Crippen LogP contribution in [0.15, 0.2) is 16.8 Å². The lowest BCUT2D eigenvalue weighted by Crippen LogP contribution is -2.34. The van der Waals surface area contributed by atoms with Gasteiger partial charge >= 0.3 is 11.9 Å². The molecule has 1 aromatic rings. The molecule has 0 spiro atoms. The third kappa shape index (κ3) is 37.4. The highest BCUT2D eigenvalue weighted by molar-refractivity contribution is 7.08. The van der Waals surface area contributed by atoms with Gasteiger partial charge in [-0.1, -0.05) is 162 Å². The summed E-state index contributed by atoms with van der Waals surface area (Å²) >= 11 is 1.52. The Morgan fingerprint density at radius 2 is 1.05 bits per heavy atom. The zero-order chi connectivity index (χ0) is 45.0. The summed E-state index contributed by atoms with van der Waals surface area (Å²) < 4.78 is 11.6. The van der Waals surface area contributed by atoms with Gasteiger partial charge < -0.3 is 24.8 Å². The van der Waals surface area contributed by atoms with Crippen LogP contribution in [0.3, 0.4) is 0 Å². The minimum absolute atomic E-state index is 0.0102. The van der Waals surface area contributed by atoms with Crippen LogP contribution in [0, 0.1) is 0 Å². The Morgan fingerprint density at radius 3 is 1.60 bits per heavy atom. The number of hydrogen-bond donors (Lipinski definition) is 2. The smallest absolute Gasteiger partial charge is 0.306 e. The Kier molecular flexibility index (Phi) is 41.4. The number of hydrogen-bond acceptors (Lipinski definition) is 8. The fourth-order valence-electron chi connectivity index (χ4n) is 8.29. The largest absolute Gasteiger partial charge is 0.466 e. The van der Waals surface area contributed by atoms with Crippen molar-refractivity contribution >= 4 is 29.2 Å². The highest BCUT2D eigenvalue weighted by atomic mass is 32.1. The van der Waals surface area contributed by atoms with Crippen molar-refractivity contribution in [3.63, 3.8) is 0 Å². The van der Waals surface area contributed by atoms with E-state index in [0.717, 1.165) is 116 Å². The van der Waals surface area contributed by atoms with E-state index in [1.165, 1.54) is 120 Å². The molecule has 0 saturated heterocycles. The molecule has 0 aliphatic rings. The number of amides is 1.